The van der Waals surface area contributed by atoms with Gasteiger partial charge in [0.1, 0.15) is 0 Å². The summed E-state index contributed by atoms with van der Waals surface area (Å²) in [5.41, 5.74) is 2.34. The van der Waals surface area contributed by atoms with Gasteiger partial charge in [0.25, 0.3) is 0 Å². The van der Waals surface area contributed by atoms with Crippen LogP contribution in [0.25, 0.3) is 10.1 Å². The molecule has 0 saturated heterocycles. The van der Waals surface area contributed by atoms with E-state index in [1.807, 2.05) is 6.92 Å². The molecule has 1 aromatic carbocycles. The highest BCUT2D eigenvalue weighted by Crippen LogP contribution is 2.31. The van der Waals surface area contributed by atoms with Crippen molar-refractivity contribution in [1.82, 2.24) is 0 Å². The first-order valence-corrected chi connectivity index (χ1v) is 6.57. The molecule has 0 saturated carbocycles. The fraction of sp³-hybridized carbons (Fsp3) is 0.357. The minimum atomic E-state index is -0.142. The molecule has 0 N–H and O–H groups in total. The topological polar surface area (TPSA) is 26.3 Å². The second kappa shape index (κ2) is 4.88. The molecule has 2 rings (SSSR count). The molecule has 0 aliphatic carbocycles. The third kappa shape index (κ3) is 2.50. The van der Waals surface area contributed by atoms with Crippen molar-refractivity contribution in [1.29, 1.82) is 0 Å². The van der Waals surface area contributed by atoms with E-state index >= 15 is 0 Å². The van der Waals surface area contributed by atoms with Crippen LogP contribution in [0, 0.1) is 13.8 Å². The third-order valence-electron chi connectivity index (χ3n) is 2.77. The molecule has 0 aliphatic rings. The summed E-state index contributed by atoms with van der Waals surface area (Å²) in [6, 6.07) is 6.37. The Hall–Kier alpha value is -1.35. The molecule has 90 valence electrons. The van der Waals surface area contributed by atoms with Crippen molar-refractivity contribution < 1.29 is 9.53 Å². The largest absolute Gasteiger partial charge is 0.466 e. The summed E-state index contributed by atoms with van der Waals surface area (Å²) in [5.74, 6) is -0.142. The van der Waals surface area contributed by atoms with E-state index in [2.05, 4.69) is 32.0 Å². The average Bonchev–Trinajstić information content (AvgIpc) is 2.56. The van der Waals surface area contributed by atoms with Crippen molar-refractivity contribution in [2.24, 2.45) is 0 Å². The van der Waals surface area contributed by atoms with Crippen molar-refractivity contribution in [2.45, 2.75) is 27.2 Å². The van der Waals surface area contributed by atoms with Crippen LogP contribution in [0.5, 0.6) is 0 Å². The van der Waals surface area contributed by atoms with E-state index in [1.165, 1.54) is 20.5 Å². The lowest BCUT2D eigenvalue weighted by Crippen LogP contribution is -2.07. The highest BCUT2D eigenvalue weighted by Gasteiger charge is 2.13. The van der Waals surface area contributed by atoms with Gasteiger partial charge in [0.15, 0.2) is 0 Å². The molecule has 1 aromatic heterocycles. The average molecular weight is 248 g/mol. The van der Waals surface area contributed by atoms with E-state index in [0.717, 1.165) is 5.56 Å². The number of benzene rings is 1. The zero-order valence-corrected chi connectivity index (χ0v) is 11.2. The van der Waals surface area contributed by atoms with E-state index < -0.39 is 0 Å². The predicted molar refractivity (Wildman–Crippen MR) is 71.6 cm³/mol. The summed E-state index contributed by atoms with van der Waals surface area (Å²) in [6.45, 7) is 6.41. The molecule has 0 bridgehead atoms. The number of hydrogen-bond acceptors (Lipinski definition) is 3. The second-order valence-corrected chi connectivity index (χ2v) is 5.37. The Kier molecular flexibility index (Phi) is 3.48. The molecule has 0 aliphatic heterocycles. The van der Waals surface area contributed by atoms with Crippen LogP contribution in [0.15, 0.2) is 18.2 Å². The van der Waals surface area contributed by atoms with Gasteiger partial charge in [-0.2, -0.15) is 0 Å². The molecule has 0 fully saturated rings. The fourth-order valence-electron chi connectivity index (χ4n) is 1.96. The van der Waals surface area contributed by atoms with Crippen LogP contribution in [0.4, 0.5) is 0 Å². The maximum atomic E-state index is 11.6. The Balaban J connectivity index is 2.41. The summed E-state index contributed by atoms with van der Waals surface area (Å²) in [5, 5.41) is 1.19. The van der Waals surface area contributed by atoms with E-state index in [9.17, 15) is 4.79 Å². The van der Waals surface area contributed by atoms with Gasteiger partial charge in [-0.05, 0) is 37.8 Å². The van der Waals surface area contributed by atoms with E-state index in [-0.39, 0.29) is 5.97 Å². The van der Waals surface area contributed by atoms with Gasteiger partial charge in [-0.25, -0.2) is 0 Å². The molecule has 0 atom stereocenters. The molecule has 0 unspecified atom stereocenters. The molecule has 0 amide bonds. The lowest BCUT2D eigenvalue weighted by Gasteiger charge is -2.02. The van der Waals surface area contributed by atoms with E-state index in [4.69, 9.17) is 4.74 Å². The second-order valence-electron chi connectivity index (χ2n) is 4.12. The predicted octanol–water partition coefficient (Wildman–Crippen LogP) is 3.62. The maximum Gasteiger partial charge on any atom is 0.310 e. The van der Waals surface area contributed by atoms with Gasteiger partial charge in [0.05, 0.1) is 13.0 Å². The minimum absolute atomic E-state index is 0.142. The van der Waals surface area contributed by atoms with Crippen LogP contribution in [0.3, 0.4) is 0 Å². The fourth-order valence-corrected chi connectivity index (χ4v) is 3.02. The first kappa shape index (κ1) is 12.1. The number of carbonyl (C=O) groups excluding carboxylic acids is 1. The lowest BCUT2D eigenvalue weighted by atomic mass is 10.1. The van der Waals surface area contributed by atoms with Crippen LogP contribution in [-0.4, -0.2) is 12.6 Å². The van der Waals surface area contributed by atoms with Crippen molar-refractivity contribution in [2.75, 3.05) is 6.61 Å². The smallest absolute Gasteiger partial charge is 0.310 e. The molecule has 0 spiro atoms. The molecule has 17 heavy (non-hydrogen) atoms. The third-order valence-corrected chi connectivity index (χ3v) is 3.90. The highest BCUT2D eigenvalue weighted by molar-refractivity contribution is 7.19. The number of thiophene rings is 1. The standard InChI is InChI=1S/C14H16O2S/c1-4-16-14(15)8-11-10(3)17-13-6-5-9(2)7-12(11)13/h5-7H,4,8H2,1-3H3. The maximum absolute atomic E-state index is 11.6. The van der Waals surface area contributed by atoms with E-state index in [1.54, 1.807) is 11.3 Å². The quantitative estimate of drug-likeness (QED) is 0.775. The normalized spacial score (nSPS) is 10.8. The number of rotatable bonds is 3. The number of esters is 1. The first-order valence-electron chi connectivity index (χ1n) is 5.76. The van der Waals surface area contributed by atoms with Gasteiger partial charge in [-0.1, -0.05) is 17.7 Å². The van der Waals surface area contributed by atoms with Crippen LogP contribution in [0.1, 0.15) is 22.9 Å². The number of fused-ring (bicyclic) bond motifs is 1. The number of carbonyl (C=O) groups is 1. The minimum Gasteiger partial charge on any atom is -0.466 e. The highest BCUT2D eigenvalue weighted by atomic mass is 32.1. The molecular weight excluding hydrogens is 232 g/mol. The molecular formula is C14H16O2S. The van der Waals surface area contributed by atoms with Crippen LogP contribution < -0.4 is 0 Å². The van der Waals surface area contributed by atoms with Gasteiger partial charge in [-0.15, -0.1) is 11.3 Å². The van der Waals surface area contributed by atoms with Crippen LogP contribution >= 0.6 is 11.3 Å². The summed E-state index contributed by atoms with van der Waals surface area (Å²) in [7, 11) is 0. The Bertz CT molecular complexity index is 555. The zero-order valence-electron chi connectivity index (χ0n) is 10.4. The van der Waals surface area contributed by atoms with Gasteiger partial charge in [0, 0.05) is 9.58 Å². The van der Waals surface area contributed by atoms with Gasteiger partial charge in [-0.3, -0.25) is 4.79 Å². The van der Waals surface area contributed by atoms with Gasteiger partial charge >= 0.3 is 5.97 Å². The zero-order chi connectivity index (χ0) is 12.4. The Morgan fingerprint density at radius 1 is 1.35 bits per heavy atom. The summed E-state index contributed by atoms with van der Waals surface area (Å²) in [4.78, 5) is 12.8. The number of ether oxygens (including phenoxy) is 1. The van der Waals surface area contributed by atoms with E-state index in [0.29, 0.717) is 13.0 Å². The first-order chi connectivity index (χ1) is 8.11. The molecule has 2 nitrogen and oxygen atoms in total. The Morgan fingerprint density at radius 3 is 2.82 bits per heavy atom. The molecule has 0 radical (unpaired) electrons. The molecule has 2 aromatic rings. The Morgan fingerprint density at radius 2 is 2.12 bits per heavy atom. The lowest BCUT2D eigenvalue weighted by molar-refractivity contribution is -0.142. The Labute approximate surface area is 105 Å². The summed E-state index contributed by atoms with van der Waals surface area (Å²) < 4.78 is 6.26. The van der Waals surface area contributed by atoms with Crippen LogP contribution in [0.2, 0.25) is 0 Å². The monoisotopic (exact) mass is 248 g/mol. The number of hydrogen-bond donors (Lipinski definition) is 0. The summed E-state index contributed by atoms with van der Waals surface area (Å²) in [6.07, 6.45) is 0.378. The SMILES string of the molecule is CCOC(=O)Cc1c(C)sc2ccc(C)cc12. The molecule has 1 heterocycles. The summed E-state index contributed by atoms with van der Waals surface area (Å²) >= 11 is 1.74. The van der Waals surface area contributed by atoms with Crippen molar-refractivity contribution in [3.63, 3.8) is 0 Å². The number of aryl methyl sites for hydroxylation is 2. The van der Waals surface area contributed by atoms with Crippen molar-refractivity contribution in [3.05, 3.63) is 34.2 Å². The molecule has 3 heteroatoms. The van der Waals surface area contributed by atoms with Crippen molar-refractivity contribution in [3.8, 4) is 0 Å². The van der Waals surface area contributed by atoms with Crippen LogP contribution in [-0.2, 0) is 16.0 Å². The van der Waals surface area contributed by atoms with Crippen molar-refractivity contribution >= 4 is 27.4 Å². The van der Waals surface area contributed by atoms with Gasteiger partial charge < -0.3 is 4.74 Å². The van der Waals surface area contributed by atoms with Gasteiger partial charge in [0.2, 0.25) is 0 Å².